The molecule has 27 heavy (non-hydrogen) atoms. The van der Waals surface area contributed by atoms with E-state index in [9.17, 15) is 0 Å². The molecule has 6 aliphatic carbocycles. The van der Waals surface area contributed by atoms with Crippen LogP contribution in [0.3, 0.4) is 0 Å². The topological polar surface area (TPSA) is 9.23 Å². The second-order valence-corrected chi connectivity index (χ2v) is 12.6. The number of hydrogen-bond donors (Lipinski definition) is 0. The van der Waals surface area contributed by atoms with E-state index < -0.39 is 0 Å². The van der Waals surface area contributed by atoms with E-state index in [4.69, 9.17) is 4.65 Å². The van der Waals surface area contributed by atoms with Gasteiger partial charge in [0.1, 0.15) is 0 Å². The molecule has 0 amide bonds. The lowest BCUT2D eigenvalue weighted by Crippen LogP contribution is -2.61. The average Bonchev–Trinajstić information content (AvgIpc) is 2.62. The number of fused-ring (bicyclic) bond motifs is 4. The summed E-state index contributed by atoms with van der Waals surface area (Å²) in [6.07, 6.45) is 11.7. The Bertz CT molecular complexity index is 558. The van der Waals surface area contributed by atoms with Gasteiger partial charge in [-0.25, -0.2) is 0 Å². The molecule has 6 aliphatic rings. The summed E-state index contributed by atoms with van der Waals surface area (Å²) in [5.41, 5.74) is 1.13. The molecule has 152 valence electrons. The van der Waals surface area contributed by atoms with E-state index in [2.05, 4.69) is 61.5 Å². The second-order valence-electron chi connectivity index (χ2n) is 12.6. The molecule has 6 fully saturated rings. The molecule has 0 N–H and O–H groups in total. The summed E-state index contributed by atoms with van der Waals surface area (Å²) >= 11 is 0. The molecule has 0 saturated heterocycles. The van der Waals surface area contributed by atoms with Crippen LogP contribution in [0.25, 0.3) is 0 Å². The van der Waals surface area contributed by atoms with Crippen molar-refractivity contribution < 1.29 is 4.65 Å². The van der Waals surface area contributed by atoms with Gasteiger partial charge in [-0.05, 0) is 97.0 Å². The second kappa shape index (κ2) is 6.05. The normalized spacial score (nSPS) is 46.9. The lowest BCUT2D eigenvalue weighted by Gasteiger charge is -2.67. The minimum absolute atomic E-state index is 0.342. The van der Waals surface area contributed by atoms with Gasteiger partial charge < -0.3 is 4.65 Å². The fraction of sp³-hybridized carbons (Fsp3) is 0.920. The van der Waals surface area contributed by atoms with Crippen LogP contribution < -0.4 is 0 Å². The smallest absolute Gasteiger partial charge is 0.369 e. The Hall–Kier alpha value is -0.395. The summed E-state index contributed by atoms with van der Waals surface area (Å²) in [7, 11) is 0. The van der Waals surface area contributed by atoms with Crippen LogP contribution in [0.15, 0.2) is 11.8 Å². The molecular formula is C25H43BO. The van der Waals surface area contributed by atoms with E-state index in [1.807, 2.05) is 0 Å². The molecule has 4 bridgehead atoms. The minimum Gasteiger partial charge on any atom is -0.563 e. The van der Waals surface area contributed by atoms with Crippen molar-refractivity contribution in [1.82, 2.24) is 0 Å². The van der Waals surface area contributed by atoms with Crippen LogP contribution in [0.2, 0.25) is 10.6 Å². The Morgan fingerprint density at radius 3 is 1.44 bits per heavy atom. The summed E-state index contributed by atoms with van der Waals surface area (Å²) in [5.74, 6) is 4.84. The molecule has 0 aromatic heterocycles. The Labute approximate surface area is 169 Å². The monoisotopic (exact) mass is 370 g/mol. The molecule has 0 radical (unpaired) electrons. The van der Waals surface area contributed by atoms with Crippen LogP contribution in [0, 0.1) is 34.5 Å². The first kappa shape index (κ1) is 19.9. The van der Waals surface area contributed by atoms with E-state index in [1.165, 1.54) is 44.3 Å². The minimum atomic E-state index is 0.342. The van der Waals surface area contributed by atoms with Gasteiger partial charge in [0.05, 0.1) is 5.76 Å². The van der Waals surface area contributed by atoms with E-state index in [0.29, 0.717) is 28.4 Å². The lowest BCUT2D eigenvalue weighted by molar-refractivity contribution is -0.0970. The lowest BCUT2D eigenvalue weighted by atomic mass is 9.22. The quantitative estimate of drug-likeness (QED) is 0.355. The molecule has 0 aromatic rings. The fourth-order valence-corrected chi connectivity index (χ4v) is 8.11. The molecule has 1 nitrogen and oxygen atoms in total. The van der Waals surface area contributed by atoms with Crippen LogP contribution in [-0.4, -0.2) is 6.92 Å². The van der Waals surface area contributed by atoms with Gasteiger partial charge in [-0.1, -0.05) is 54.5 Å². The molecule has 6 rings (SSSR count). The van der Waals surface area contributed by atoms with Crippen LogP contribution in [0.4, 0.5) is 0 Å². The van der Waals surface area contributed by atoms with Crippen molar-refractivity contribution in [2.75, 3.05) is 0 Å². The molecule has 0 heterocycles. The summed E-state index contributed by atoms with van der Waals surface area (Å²) < 4.78 is 6.97. The zero-order valence-electron chi connectivity index (χ0n) is 19.3. The summed E-state index contributed by atoms with van der Waals surface area (Å²) in [6, 6.07) is 0. The van der Waals surface area contributed by atoms with E-state index in [1.54, 1.807) is 0 Å². The Kier molecular flexibility index (Phi) is 4.46. The van der Waals surface area contributed by atoms with Gasteiger partial charge >= 0.3 is 6.92 Å². The van der Waals surface area contributed by atoms with Crippen molar-refractivity contribution in [3.05, 3.63) is 11.8 Å². The highest BCUT2D eigenvalue weighted by Gasteiger charge is 2.67. The average molecular weight is 370 g/mol. The summed E-state index contributed by atoms with van der Waals surface area (Å²) in [4.78, 5) is 0. The van der Waals surface area contributed by atoms with Crippen LogP contribution in [0.1, 0.15) is 100 Å². The highest BCUT2D eigenvalue weighted by atomic mass is 16.4. The molecule has 0 spiro atoms. The third kappa shape index (κ3) is 2.78. The maximum atomic E-state index is 6.97. The van der Waals surface area contributed by atoms with Crippen molar-refractivity contribution in [2.45, 2.75) is 111 Å². The predicted molar refractivity (Wildman–Crippen MR) is 117 cm³/mol. The fourth-order valence-electron chi connectivity index (χ4n) is 8.11. The molecule has 0 aromatic carbocycles. The Morgan fingerprint density at radius 1 is 0.815 bits per heavy atom. The van der Waals surface area contributed by atoms with Gasteiger partial charge in [-0.2, -0.15) is 0 Å². The standard InChI is InChI=1S/C25H43BO/c1-9-21(10-2)27-26(24(7)13-17-11-18(14-24)22(17,3)4)25(8)15-19-12-20(16-25)23(19,5)6/h9,17-20H,10-16H2,1-8H3/b21-9-. The molecule has 2 heteroatoms. The Morgan fingerprint density at radius 2 is 1.19 bits per heavy atom. The molecule has 4 unspecified atom stereocenters. The zero-order chi connectivity index (χ0) is 19.8. The van der Waals surface area contributed by atoms with E-state index >= 15 is 0 Å². The largest absolute Gasteiger partial charge is 0.563 e. The SMILES string of the molecule is C/C=C(/CC)OB(C1(C)CC2CC(C1)C2(C)C)C1(C)CC2CC(C1)C2(C)C. The Balaban J connectivity index is 1.63. The van der Waals surface area contributed by atoms with Crippen molar-refractivity contribution in [1.29, 1.82) is 0 Å². The first-order chi connectivity index (χ1) is 12.5. The van der Waals surface area contributed by atoms with Crippen molar-refractivity contribution in [3.63, 3.8) is 0 Å². The van der Waals surface area contributed by atoms with E-state index in [0.717, 1.165) is 30.1 Å². The van der Waals surface area contributed by atoms with E-state index in [-0.39, 0.29) is 0 Å². The van der Waals surface area contributed by atoms with Gasteiger partial charge in [0.2, 0.25) is 0 Å². The first-order valence-corrected chi connectivity index (χ1v) is 11.8. The first-order valence-electron chi connectivity index (χ1n) is 11.8. The summed E-state index contributed by atoms with van der Waals surface area (Å²) in [6.45, 7) is 20.0. The van der Waals surface area contributed by atoms with Crippen LogP contribution in [-0.2, 0) is 4.65 Å². The molecular weight excluding hydrogens is 327 g/mol. The van der Waals surface area contributed by atoms with Crippen molar-refractivity contribution in [3.8, 4) is 0 Å². The number of rotatable bonds is 5. The predicted octanol–water partition coefficient (Wildman–Crippen LogP) is 7.74. The third-order valence-electron chi connectivity index (χ3n) is 10.4. The van der Waals surface area contributed by atoms with Crippen LogP contribution in [0.5, 0.6) is 0 Å². The molecule has 4 atom stereocenters. The van der Waals surface area contributed by atoms with Crippen molar-refractivity contribution in [2.24, 2.45) is 34.5 Å². The van der Waals surface area contributed by atoms with Crippen LogP contribution >= 0.6 is 0 Å². The van der Waals surface area contributed by atoms with Gasteiger partial charge in [0.25, 0.3) is 0 Å². The zero-order valence-corrected chi connectivity index (χ0v) is 19.3. The maximum absolute atomic E-state index is 6.97. The highest BCUT2D eigenvalue weighted by molar-refractivity contribution is 6.59. The van der Waals surface area contributed by atoms with Gasteiger partial charge in [0.15, 0.2) is 0 Å². The van der Waals surface area contributed by atoms with Crippen molar-refractivity contribution >= 4 is 6.92 Å². The van der Waals surface area contributed by atoms with Gasteiger partial charge in [-0.3, -0.25) is 0 Å². The van der Waals surface area contributed by atoms with Gasteiger partial charge in [0, 0.05) is 0 Å². The highest BCUT2D eigenvalue weighted by Crippen LogP contribution is 2.73. The third-order valence-corrected chi connectivity index (χ3v) is 10.4. The van der Waals surface area contributed by atoms with Gasteiger partial charge in [-0.15, -0.1) is 0 Å². The molecule has 6 saturated carbocycles. The number of allylic oxidation sites excluding steroid dienone is 2. The number of hydrogen-bond acceptors (Lipinski definition) is 1. The molecule has 0 aliphatic heterocycles. The maximum Gasteiger partial charge on any atom is 0.369 e. The summed E-state index contributed by atoms with van der Waals surface area (Å²) in [5, 5.41) is 0.685.